The molecule has 4 nitrogen and oxygen atoms in total. The summed E-state index contributed by atoms with van der Waals surface area (Å²) in [5.74, 6) is 1.26. The molecule has 2 aromatic carbocycles. The maximum Gasteiger partial charge on any atom is 0.253 e. The molecule has 1 atom stereocenters. The van der Waals surface area contributed by atoms with Gasteiger partial charge in [0.15, 0.2) is 0 Å². The number of ether oxygens (including phenoxy) is 1. The number of halogens is 2. The topological polar surface area (TPSA) is 55.6 Å². The summed E-state index contributed by atoms with van der Waals surface area (Å²) in [5, 5.41) is 0.703. The fourth-order valence-corrected chi connectivity index (χ4v) is 3.40. The van der Waals surface area contributed by atoms with Crippen LogP contribution in [0.2, 0.25) is 5.02 Å². The maximum atomic E-state index is 12.8. The number of hydrogen-bond acceptors (Lipinski definition) is 3. The zero-order chi connectivity index (χ0) is 18.5. The van der Waals surface area contributed by atoms with Gasteiger partial charge >= 0.3 is 0 Å². The molecule has 1 fully saturated rings. The van der Waals surface area contributed by atoms with Gasteiger partial charge in [-0.05, 0) is 61.6 Å². The molecule has 2 aromatic rings. The van der Waals surface area contributed by atoms with Crippen molar-refractivity contribution in [2.45, 2.75) is 32.4 Å². The van der Waals surface area contributed by atoms with E-state index < -0.39 is 0 Å². The van der Waals surface area contributed by atoms with Gasteiger partial charge in [0.2, 0.25) is 0 Å². The molecule has 1 saturated heterocycles. The largest absolute Gasteiger partial charge is 0.489 e. The second kappa shape index (κ2) is 9.98. The van der Waals surface area contributed by atoms with Gasteiger partial charge in [-0.2, -0.15) is 0 Å². The molecular formula is C21H26Cl2N2O2. The van der Waals surface area contributed by atoms with E-state index in [1.165, 1.54) is 0 Å². The zero-order valence-electron chi connectivity index (χ0n) is 15.4. The van der Waals surface area contributed by atoms with Gasteiger partial charge in [0.05, 0.1) is 0 Å². The minimum absolute atomic E-state index is 0. The third-order valence-electron chi connectivity index (χ3n) is 4.97. The Hall–Kier alpha value is -1.75. The molecule has 0 spiro atoms. The summed E-state index contributed by atoms with van der Waals surface area (Å²) < 4.78 is 5.83. The van der Waals surface area contributed by atoms with E-state index in [2.05, 4.69) is 0 Å². The summed E-state index contributed by atoms with van der Waals surface area (Å²) in [5.41, 5.74) is 7.68. The van der Waals surface area contributed by atoms with E-state index in [0.29, 0.717) is 28.9 Å². The van der Waals surface area contributed by atoms with Gasteiger partial charge in [0.1, 0.15) is 12.4 Å². The molecule has 1 amide bonds. The highest BCUT2D eigenvalue weighted by Crippen LogP contribution is 2.23. The van der Waals surface area contributed by atoms with Crippen molar-refractivity contribution in [1.82, 2.24) is 4.90 Å². The molecule has 1 aliphatic heterocycles. The molecule has 27 heavy (non-hydrogen) atoms. The lowest BCUT2D eigenvalue weighted by Crippen LogP contribution is -2.42. The first-order chi connectivity index (χ1) is 12.5. The molecule has 0 bridgehead atoms. The van der Waals surface area contributed by atoms with Crippen LogP contribution in [0.3, 0.4) is 0 Å². The summed E-state index contributed by atoms with van der Waals surface area (Å²) in [4.78, 5) is 14.7. The van der Waals surface area contributed by atoms with Gasteiger partial charge in [0.25, 0.3) is 5.91 Å². The van der Waals surface area contributed by atoms with Crippen LogP contribution in [0, 0.1) is 5.92 Å². The molecule has 6 heteroatoms. The highest BCUT2D eigenvalue weighted by atomic mass is 35.5. The van der Waals surface area contributed by atoms with Gasteiger partial charge in [-0.15, -0.1) is 12.4 Å². The Labute approximate surface area is 172 Å². The summed E-state index contributed by atoms with van der Waals surface area (Å²) in [6, 6.07) is 15.1. The molecule has 1 aliphatic rings. The summed E-state index contributed by atoms with van der Waals surface area (Å²) in [7, 11) is 0. The summed E-state index contributed by atoms with van der Waals surface area (Å²) in [6.45, 7) is 4.01. The lowest BCUT2D eigenvalue weighted by atomic mass is 9.90. The number of benzene rings is 2. The second-order valence-electron chi connectivity index (χ2n) is 6.93. The van der Waals surface area contributed by atoms with Crippen molar-refractivity contribution >= 4 is 29.9 Å². The second-order valence-corrected chi connectivity index (χ2v) is 7.37. The number of piperidine rings is 1. The maximum absolute atomic E-state index is 12.8. The average Bonchev–Trinajstić information content (AvgIpc) is 2.67. The highest BCUT2D eigenvalue weighted by Gasteiger charge is 2.25. The molecule has 0 aliphatic carbocycles. The third kappa shape index (κ3) is 5.86. The first kappa shape index (κ1) is 21.5. The highest BCUT2D eigenvalue weighted by molar-refractivity contribution is 6.30. The zero-order valence-corrected chi connectivity index (χ0v) is 17.0. The quantitative estimate of drug-likeness (QED) is 0.789. The van der Waals surface area contributed by atoms with Gasteiger partial charge in [-0.25, -0.2) is 0 Å². The lowest BCUT2D eigenvalue weighted by Gasteiger charge is -2.33. The van der Waals surface area contributed by atoms with Crippen molar-refractivity contribution < 1.29 is 9.53 Å². The SMILES string of the molecule is CC(N)C1CCN(C(=O)c2cccc(OCc3ccc(Cl)cc3)c2)CC1.Cl. The van der Waals surface area contributed by atoms with Crippen LogP contribution < -0.4 is 10.5 Å². The van der Waals surface area contributed by atoms with E-state index in [1.807, 2.05) is 60.4 Å². The fraction of sp³-hybridized carbons (Fsp3) is 0.381. The van der Waals surface area contributed by atoms with Crippen LogP contribution in [-0.2, 0) is 6.61 Å². The molecular weight excluding hydrogens is 383 g/mol. The number of carbonyl (C=O) groups is 1. The van der Waals surface area contributed by atoms with Crippen molar-refractivity contribution in [1.29, 1.82) is 0 Å². The number of hydrogen-bond donors (Lipinski definition) is 1. The molecule has 0 saturated carbocycles. The van der Waals surface area contributed by atoms with Gasteiger partial charge in [0, 0.05) is 29.7 Å². The predicted octanol–water partition coefficient (Wildman–Crippen LogP) is 4.54. The van der Waals surface area contributed by atoms with Crippen LogP contribution in [0.15, 0.2) is 48.5 Å². The van der Waals surface area contributed by atoms with Crippen molar-refractivity contribution in [2.75, 3.05) is 13.1 Å². The Morgan fingerprint density at radius 1 is 1.22 bits per heavy atom. The van der Waals surface area contributed by atoms with E-state index in [1.54, 1.807) is 0 Å². The summed E-state index contributed by atoms with van der Waals surface area (Å²) >= 11 is 5.89. The van der Waals surface area contributed by atoms with E-state index in [9.17, 15) is 4.79 Å². The monoisotopic (exact) mass is 408 g/mol. The molecule has 2 N–H and O–H groups in total. The van der Waals surface area contributed by atoms with E-state index in [4.69, 9.17) is 22.1 Å². The number of likely N-dealkylation sites (tertiary alicyclic amines) is 1. The van der Waals surface area contributed by atoms with Crippen molar-refractivity contribution in [3.63, 3.8) is 0 Å². The minimum atomic E-state index is 0. The van der Waals surface area contributed by atoms with Crippen LogP contribution in [0.5, 0.6) is 5.75 Å². The molecule has 0 aromatic heterocycles. The molecule has 3 rings (SSSR count). The van der Waals surface area contributed by atoms with E-state index >= 15 is 0 Å². The number of nitrogens with two attached hydrogens (primary N) is 1. The molecule has 146 valence electrons. The van der Waals surface area contributed by atoms with Gasteiger partial charge in [-0.3, -0.25) is 4.79 Å². The first-order valence-corrected chi connectivity index (χ1v) is 9.43. The Morgan fingerprint density at radius 2 is 1.89 bits per heavy atom. The van der Waals surface area contributed by atoms with Crippen molar-refractivity contribution in [3.8, 4) is 5.75 Å². The van der Waals surface area contributed by atoms with Gasteiger partial charge < -0.3 is 15.4 Å². The fourth-order valence-electron chi connectivity index (χ4n) is 3.28. The standard InChI is InChI=1S/C21H25ClN2O2.ClH/c1-15(23)17-9-11-24(12-10-17)21(25)18-3-2-4-20(13-18)26-14-16-5-7-19(22)8-6-16;/h2-8,13,15,17H,9-12,14,23H2,1H3;1H. The number of nitrogens with zero attached hydrogens (tertiary/aromatic N) is 1. The Bertz CT molecular complexity index is 742. The molecule has 0 radical (unpaired) electrons. The van der Waals surface area contributed by atoms with Crippen molar-refractivity contribution in [3.05, 3.63) is 64.7 Å². The Kier molecular flexibility index (Phi) is 7.96. The molecule has 1 unspecified atom stereocenters. The Morgan fingerprint density at radius 3 is 2.52 bits per heavy atom. The average molecular weight is 409 g/mol. The minimum Gasteiger partial charge on any atom is -0.489 e. The van der Waals surface area contributed by atoms with Crippen molar-refractivity contribution in [2.24, 2.45) is 11.7 Å². The smallest absolute Gasteiger partial charge is 0.253 e. The van der Waals surface area contributed by atoms with Crippen LogP contribution in [0.4, 0.5) is 0 Å². The predicted molar refractivity (Wildman–Crippen MR) is 112 cm³/mol. The van der Waals surface area contributed by atoms with Crippen LogP contribution in [0.25, 0.3) is 0 Å². The van der Waals surface area contributed by atoms with Crippen LogP contribution >= 0.6 is 24.0 Å². The van der Waals surface area contributed by atoms with Crippen LogP contribution in [0.1, 0.15) is 35.7 Å². The first-order valence-electron chi connectivity index (χ1n) is 9.05. The van der Waals surface area contributed by atoms with E-state index in [0.717, 1.165) is 31.5 Å². The van der Waals surface area contributed by atoms with Crippen LogP contribution in [-0.4, -0.2) is 29.9 Å². The number of amides is 1. The van der Waals surface area contributed by atoms with E-state index in [-0.39, 0.29) is 24.4 Å². The summed E-state index contributed by atoms with van der Waals surface area (Å²) in [6.07, 6.45) is 1.94. The number of carbonyl (C=O) groups excluding carboxylic acids is 1. The Balaban J connectivity index is 0.00000261. The molecule has 1 heterocycles. The number of rotatable bonds is 5. The normalized spacial score (nSPS) is 15.7. The van der Waals surface area contributed by atoms with Gasteiger partial charge in [-0.1, -0.05) is 29.8 Å². The third-order valence-corrected chi connectivity index (χ3v) is 5.22. The lowest BCUT2D eigenvalue weighted by molar-refractivity contribution is 0.0680.